The Hall–Kier alpha value is -3.05. The number of anilines is 1. The Balaban J connectivity index is 1.58. The van der Waals surface area contributed by atoms with Crippen LogP contribution in [0.1, 0.15) is 33.5 Å². The lowest BCUT2D eigenvalue weighted by Gasteiger charge is -2.43. The number of nitriles is 1. The topological polar surface area (TPSA) is 67.6 Å². The number of aliphatic hydroxyl groups is 1. The van der Waals surface area contributed by atoms with Crippen molar-refractivity contribution in [1.82, 2.24) is 4.90 Å². The van der Waals surface area contributed by atoms with Gasteiger partial charge in [0.1, 0.15) is 0 Å². The highest BCUT2D eigenvalue weighted by atomic mass is 19.4. The third-order valence-electron chi connectivity index (χ3n) is 6.90. The minimum atomic E-state index is -4.62. The first-order chi connectivity index (χ1) is 15.2. The molecule has 0 bridgehead atoms. The number of rotatable bonds is 3. The molecule has 2 aromatic carbocycles. The van der Waals surface area contributed by atoms with Crippen LogP contribution in [-0.2, 0) is 6.18 Å². The Morgan fingerprint density at radius 1 is 1.25 bits per heavy atom. The molecular formula is C24H24F3N3O2. The van der Waals surface area contributed by atoms with Gasteiger partial charge < -0.3 is 14.9 Å². The molecule has 2 aliphatic heterocycles. The van der Waals surface area contributed by atoms with E-state index in [2.05, 4.69) is 0 Å². The van der Waals surface area contributed by atoms with Crippen molar-refractivity contribution in [3.8, 4) is 6.07 Å². The van der Waals surface area contributed by atoms with Gasteiger partial charge in [-0.2, -0.15) is 18.4 Å². The first kappa shape index (κ1) is 22.2. The fourth-order valence-electron chi connectivity index (χ4n) is 4.97. The van der Waals surface area contributed by atoms with Crippen LogP contribution in [0.3, 0.4) is 0 Å². The van der Waals surface area contributed by atoms with Crippen LogP contribution in [0, 0.1) is 29.6 Å². The van der Waals surface area contributed by atoms with Crippen molar-refractivity contribution < 1.29 is 23.1 Å². The number of benzene rings is 2. The highest BCUT2D eigenvalue weighted by molar-refractivity contribution is 5.95. The third kappa shape index (κ3) is 3.82. The summed E-state index contributed by atoms with van der Waals surface area (Å²) >= 11 is 0. The first-order valence-electron chi connectivity index (χ1n) is 10.5. The van der Waals surface area contributed by atoms with E-state index in [9.17, 15) is 23.1 Å². The number of nitrogens with zero attached hydrogens (tertiary/aromatic N) is 3. The molecule has 168 valence electrons. The van der Waals surface area contributed by atoms with Crippen molar-refractivity contribution in [2.45, 2.75) is 19.5 Å². The highest BCUT2D eigenvalue weighted by Gasteiger charge is 2.50. The molecule has 1 amide bonds. The van der Waals surface area contributed by atoms with Crippen LogP contribution in [0.5, 0.6) is 0 Å². The molecule has 2 aromatic rings. The third-order valence-corrected chi connectivity index (χ3v) is 6.90. The van der Waals surface area contributed by atoms with E-state index in [0.717, 1.165) is 11.6 Å². The summed E-state index contributed by atoms with van der Waals surface area (Å²) in [5.41, 5.74) is 0.0841. The summed E-state index contributed by atoms with van der Waals surface area (Å²) in [6, 6.07) is 12.7. The van der Waals surface area contributed by atoms with Gasteiger partial charge >= 0.3 is 6.18 Å². The van der Waals surface area contributed by atoms with E-state index in [1.807, 2.05) is 30.0 Å². The van der Waals surface area contributed by atoms with E-state index in [0.29, 0.717) is 43.9 Å². The molecule has 8 heteroatoms. The predicted octanol–water partition coefficient (Wildman–Crippen LogP) is 3.85. The zero-order valence-corrected chi connectivity index (χ0v) is 17.7. The van der Waals surface area contributed by atoms with Crippen molar-refractivity contribution >= 4 is 11.6 Å². The van der Waals surface area contributed by atoms with E-state index >= 15 is 0 Å². The lowest BCUT2D eigenvalue weighted by molar-refractivity contribution is -0.137. The van der Waals surface area contributed by atoms with Crippen molar-refractivity contribution in [3.63, 3.8) is 0 Å². The summed E-state index contributed by atoms with van der Waals surface area (Å²) in [6.45, 7) is 3.56. The van der Waals surface area contributed by atoms with Gasteiger partial charge in [-0.1, -0.05) is 18.2 Å². The molecule has 0 saturated carbocycles. The van der Waals surface area contributed by atoms with E-state index in [4.69, 9.17) is 5.26 Å². The molecule has 32 heavy (non-hydrogen) atoms. The number of alkyl halides is 3. The van der Waals surface area contributed by atoms with Crippen LogP contribution in [-0.4, -0.2) is 48.7 Å². The molecule has 2 aliphatic rings. The maximum absolute atomic E-state index is 13.4. The molecule has 0 spiro atoms. The Morgan fingerprint density at radius 3 is 2.66 bits per heavy atom. The minimum absolute atomic E-state index is 0.0702. The van der Waals surface area contributed by atoms with E-state index in [-0.39, 0.29) is 18.4 Å². The second-order valence-corrected chi connectivity index (χ2v) is 8.75. The van der Waals surface area contributed by atoms with Crippen LogP contribution in [0.15, 0.2) is 42.5 Å². The van der Waals surface area contributed by atoms with Gasteiger partial charge in [0, 0.05) is 48.8 Å². The summed E-state index contributed by atoms with van der Waals surface area (Å²) < 4.78 is 40.2. The van der Waals surface area contributed by atoms with Crippen molar-refractivity contribution in [3.05, 3.63) is 64.7 Å². The smallest absolute Gasteiger partial charge is 0.396 e. The standard InChI is InChI=1S/C24H24F3N3O2/c1-16-4-2-3-5-20(16)22(32)30-13-18-12-29(9-8-23(18,14-30)15-31)19-7-6-17(11-28)21(10-19)24(25,26)27/h2-7,10,18,31H,8-9,12-15H2,1H3/t18-,23+/m1/s1. The second-order valence-electron chi connectivity index (χ2n) is 8.75. The maximum Gasteiger partial charge on any atom is 0.417 e. The maximum atomic E-state index is 13.4. The van der Waals surface area contributed by atoms with Crippen LogP contribution < -0.4 is 4.90 Å². The average molecular weight is 443 g/mol. The molecule has 2 atom stereocenters. The number of likely N-dealkylation sites (tertiary alicyclic amines) is 1. The van der Waals surface area contributed by atoms with Gasteiger partial charge in [-0.15, -0.1) is 0 Å². The molecule has 2 heterocycles. The summed E-state index contributed by atoms with van der Waals surface area (Å²) in [6.07, 6.45) is -4.05. The lowest BCUT2D eigenvalue weighted by atomic mass is 9.73. The normalized spacial score (nSPS) is 23.1. The molecule has 0 radical (unpaired) electrons. The van der Waals surface area contributed by atoms with Crippen molar-refractivity contribution in [1.29, 1.82) is 5.26 Å². The zero-order valence-electron chi connectivity index (χ0n) is 17.7. The Morgan fingerprint density at radius 2 is 2.00 bits per heavy atom. The molecule has 5 nitrogen and oxygen atoms in total. The van der Waals surface area contributed by atoms with Crippen LogP contribution in [0.4, 0.5) is 18.9 Å². The van der Waals surface area contributed by atoms with E-state index in [1.54, 1.807) is 17.0 Å². The summed E-state index contributed by atoms with van der Waals surface area (Å²) in [4.78, 5) is 16.7. The number of hydrogen-bond acceptors (Lipinski definition) is 4. The number of carbonyl (C=O) groups excluding carboxylic acids is 1. The first-order valence-corrected chi connectivity index (χ1v) is 10.5. The number of halogens is 3. The van der Waals surface area contributed by atoms with Crippen LogP contribution in [0.2, 0.25) is 0 Å². The minimum Gasteiger partial charge on any atom is -0.396 e. The highest BCUT2D eigenvalue weighted by Crippen LogP contribution is 2.44. The van der Waals surface area contributed by atoms with Gasteiger partial charge in [-0.3, -0.25) is 4.79 Å². The van der Waals surface area contributed by atoms with Crippen molar-refractivity contribution in [2.24, 2.45) is 11.3 Å². The van der Waals surface area contributed by atoms with Crippen LogP contribution >= 0.6 is 0 Å². The molecule has 4 rings (SSSR count). The lowest BCUT2D eigenvalue weighted by Crippen LogP contribution is -2.49. The van der Waals surface area contributed by atoms with E-state index < -0.39 is 22.7 Å². The van der Waals surface area contributed by atoms with Crippen LogP contribution in [0.25, 0.3) is 0 Å². The molecule has 2 fully saturated rings. The molecule has 2 saturated heterocycles. The molecular weight excluding hydrogens is 419 g/mol. The van der Waals surface area contributed by atoms with E-state index in [1.165, 1.54) is 12.1 Å². The van der Waals surface area contributed by atoms with Gasteiger partial charge in [0.25, 0.3) is 5.91 Å². The Bertz CT molecular complexity index is 1080. The number of fused-ring (bicyclic) bond motifs is 1. The average Bonchev–Trinajstić information content (AvgIpc) is 3.17. The fourth-order valence-corrected chi connectivity index (χ4v) is 4.97. The van der Waals surface area contributed by atoms with Gasteiger partial charge in [0.05, 0.1) is 23.8 Å². The van der Waals surface area contributed by atoms with Gasteiger partial charge in [0.2, 0.25) is 0 Å². The summed E-state index contributed by atoms with van der Waals surface area (Å²) in [5, 5.41) is 19.2. The number of carbonyl (C=O) groups is 1. The number of amides is 1. The molecule has 0 unspecified atom stereocenters. The number of aryl methyl sites for hydroxylation is 1. The zero-order chi connectivity index (χ0) is 23.1. The Labute approximate surface area is 184 Å². The summed E-state index contributed by atoms with van der Waals surface area (Å²) in [7, 11) is 0. The molecule has 0 aromatic heterocycles. The van der Waals surface area contributed by atoms with Gasteiger partial charge in [-0.25, -0.2) is 0 Å². The fraction of sp³-hybridized carbons (Fsp3) is 0.417. The van der Waals surface area contributed by atoms with Gasteiger partial charge in [0.15, 0.2) is 0 Å². The molecule has 1 N–H and O–H groups in total. The van der Waals surface area contributed by atoms with Gasteiger partial charge in [-0.05, 0) is 43.2 Å². The number of hydrogen-bond donors (Lipinski definition) is 1. The summed E-state index contributed by atoms with van der Waals surface area (Å²) in [5.74, 6) is -0.159. The Kier molecular flexibility index (Phi) is 5.63. The monoisotopic (exact) mass is 443 g/mol. The largest absolute Gasteiger partial charge is 0.417 e. The number of aliphatic hydroxyl groups excluding tert-OH is 1. The second kappa shape index (κ2) is 8.14. The molecule has 0 aliphatic carbocycles. The van der Waals surface area contributed by atoms with Crippen molar-refractivity contribution in [2.75, 3.05) is 37.7 Å². The quantitative estimate of drug-likeness (QED) is 0.783. The number of piperidine rings is 1. The predicted molar refractivity (Wildman–Crippen MR) is 113 cm³/mol. The SMILES string of the molecule is Cc1ccccc1C(=O)N1C[C@H]2CN(c3ccc(C#N)c(C(F)(F)F)c3)CC[C@@]2(CO)C1.